The van der Waals surface area contributed by atoms with Crippen molar-refractivity contribution in [2.24, 2.45) is 0 Å². The number of benzene rings is 2. The molecular weight excluding hydrogens is 375 g/mol. The number of sulfonamides is 1. The Balaban J connectivity index is 1.74. The van der Waals surface area contributed by atoms with Gasteiger partial charge >= 0.3 is 5.97 Å². The zero-order chi connectivity index (χ0) is 19.9. The van der Waals surface area contributed by atoms with Gasteiger partial charge in [0.1, 0.15) is 12.4 Å². The van der Waals surface area contributed by atoms with Crippen molar-refractivity contribution in [2.75, 3.05) is 13.2 Å². The molecule has 0 bridgehead atoms. The predicted molar refractivity (Wildman–Crippen MR) is 95.6 cm³/mol. The maximum absolute atomic E-state index is 13.4. The summed E-state index contributed by atoms with van der Waals surface area (Å²) in [7, 11) is -3.85. The number of halogens is 1. The summed E-state index contributed by atoms with van der Waals surface area (Å²) >= 11 is 0. The Bertz CT molecular complexity index is 914. The Labute approximate surface area is 156 Å². The van der Waals surface area contributed by atoms with Crippen LogP contribution in [0.15, 0.2) is 53.4 Å². The maximum atomic E-state index is 13.4. The fourth-order valence-corrected chi connectivity index (χ4v) is 3.01. The standard InChI is InChI=1S/C18H19FN2O5S/c1-13-6-8-15(9-7-13)27(24,25)21-11-18(23)26-12-17(22)20-10-14-4-2-3-5-16(14)19/h2-9,21H,10-12H2,1H3,(H,20,22). The highest BCUT2D eigenvalue weighted by atomic mass is 32.2. The van der Waals surface area contributed by atoms with E-state index < -0.39 is 40.9 Å². The molecule has 0 heterocycles. The minimum absolute atomic E-state index is 0.0172. The van der Waals surface area contributed by atoms with Crippen LogP contribution in [0.1, 0.15) is 11.1 Å². The van der Waals surface area contributed by atoms with E-state index in [1.807, 2.05) is 6.92 Å². The minimum Gasteiger partial charge on any atom is -0.455 e. The molecule has 0 aliphatic carbocycles. The molecule has 7 nitrogen and oxygen atoms in total. The molecule has 0 fully saturated rings. The highest BCUT2D eigenvalue weighted by molar-refractivity contribution is 7.89. The van der Waals surface area contributed by atoms with Gasteiger partial charge in [-0.1, -0.05) is 35.9 Å². The first-order valence-electron chi connectivity index (χ1n) is 8.00. The highest BCUT2D eigenvalue weighted by Gasteiger charge is 2.16. The summed E-state index contributed by atoms with van der Waals surface area (Å²) in [6.07, 6.45) is 0. The molecule has 0 unspecified atom stereocenters. The van der Waals surface area contributed by atoms with Gasteiger partial charge in [0, 0.05) is 12.1 Å². The van der Waals surface area contributed by atoms with Crippen LogP contribution in [0.3, 0.4) is 0 Å². The molecule has 0 radical (unpaired) electrons. The van der Waals surface area contributed by atoms with Crippen LogP contribution >= 0.6 is 0 Å². The maximum Gasteiger partial charge on any atom is 0.321 e. The third-order valence-corrected chi connectivity index (χ3v) is 4.95. The number of nitrogens with one attached hydrogen (secondary N) is 2. The zero-order valence-corrected chi connectivity index (χ0v) is 15.4. The van der Waals surface area contributed by atoms with E-state index in [0.717, 1.165) is 5.56 Å². The molecule has 0 aliphatic heterocycles. The lowest BCUT2D eigenvalue weighted by atomic mass is 10.2. The van der Waals surface area contributed by atoms with Gasteiger partial charge in [0.05, 0.1) is 4.90 Å². The summed E-state index contributed by atoms with van der Waals surface area (Å²) < 4.78 is 44.3. The summed E-state index contributed by atoms with van der Waals surface area (Å²) in [5.41, 5.74) is 1.19. The van der Waals surface area contributed by atoms with Gasteiger partial charge in [0.25, 0.3) is 5.91 Å². The largest absolute Gasteiger partial charge is 0.455 e. The zero-order valence-electron chi connectivity index (χ0n) is 14.6. The van der Waals surface area contributed by atoms with Gasteiger partial charge in [-0.2, -0.15) is 4.72 Å². The molecule has 0 aliphatic rings. The van der Waals surface area contributed by atoms with Crippen LogP contribution < -0.4 is 10.0 Å². The van der Waals surface area contributed by atoms with Gasteiger partial charge in [-0.15, -0.1) is 0 Å². The first kappa shape index (κ1) is 20.5. The van der Waals surface area contributed by atoms with Crippen LogP contribution in [-0.4, -0.2) is 33.4 Å². The number of hydrogen-bond acceptors (Lipinski definition) is 5. The van der Waals surface area contributed by atoms with E-state index in [2.05, 4.69) is 10.0 Å². The molecule has 0 atom stereocenters. The van der Waals surface area contributed by atoms with Crippen molar-refractivity contribution in [1.82, 2.24) is 10.0 Å². The van der Waals surface area contributed by atoms with Gasteiger partial charge in [-0.25, -0.2) is 12.8 Å². The summed E-state index contributed by atoms with van der Waals surface area (Å²) in [6, 6.07) is 12.0. The molecule has 144 valence electrons. The summed E-state index contributed by atoms with van der Waals surface area (Å²) in [6.45, 7) is 0.553. The third-order valence-electron chi connectivity index (χ3n) is 3.54. The van der Waals surface area contributed by atoms with E-state index in [0.29, 0.717) is 5.56 Å². The molecule has 27 heavy (non-hydrogen) atoms. The molecule has 2 aromatic rings. The van der Waals surface area contributed by atoms with E-state index in [9.17, 15) is 22.4 Å². The second-order valence-corrected chi connectivity index (χ2v) is 7.43. The van der Waals surface area contributed by atoms with Crippen molar-refractivity contribution < 1.29 is 27.1 Å². The summed E-state index contributed by atoms with van der Waals surface area (Å²) in [5, 5.41) is 2.40. The van der Waals surface area contributed by atoms with Crippen molar-refractivity contribution in [2.45, 2.75) is 18.4 Å². The van der Waals surface area contributed by atoms with Crippen molar-refractivity contribution in [3.05, 3.63) is 65.5 Å². The van der Waals surface area contributed by atoms with Crippen molar-refractivity contribution >= 4 is 21.9 Å². The fourth-order valence-electron chi connectivity index (χ4n) is 2.04. The Hall–Kier alpha value is -2.78. The van der Waals surface area contributed by atoms with Gasteiger partial charge in [0.15, 0.2) is 6.61 Å². The second kappa shape index (κ2) is 9.24. The quantitative estimate of drug-likeness (QED) is 0.657. The molecular formula is C18H19FN2O5S. The van der Waals surface area contributed by atoms with Crippen LogP contribution in [-0.2, 0) is 30.9 Å². The summed E-state index contributed by atoms with van der Waals surface area (Å²) in [5.74, 6) is -2.00. The van der Waals surface area contributed by atoms with E-state index in [1.165, 1.54) is 30.3 Å². The Morgan fingerprint density at radius 3 is 2.41 bits per heavy atom. The first-order valence-corrected chi connectivity index (χ1v) is 9.48. The summed E-state index contributed by atoms with van der Waals surface area (Å²) in [4.78, 5) is 23.3. The van der Waals surface area contributed by atoms with Gasteiger partial charge in [-0.05, 0) is 25.1 Å². The molecule has 0 spiro atoms. The monoisotopic (exact) mass is 394 g/mol. The van der Waals surface area contributed by atoms with Crippen LogP contribution in [0.2, 0.25) is 0 Å². The van der Waals surface area contributed by atoms with Crippen LogP contribution in [0.5, 0.6) is 0 Å². The lowest BCUT2D eigenvalue weighted by molar-refractivity contribution is -0.147. The highest BCUT2D eigenvalue weighted by Crippen LogP contribution is 2.09. The molecule has 0 saturated carbocycles. The fraction of sp³-hybridized carbons (Fsp3) is 0.222. The topological polar surface area (TPSA) is 102 Å². The number of rotatable bonds is 8. The van der Waals surface area contributed by atoms with E-state index in [-0.39, 0.29) is 11.4 Å². The van der Waals surface area contributed by atoms with Crippen molar-refractivity contribution in [3.8, 4) is 0 Å². The first-order chi connectivity index (χ1) is 12.8. The van der Waals surface area contributed by atoms with Crippen LogP contribution in [0.4, 0.5) is 4.39 Å². The number of amides is 1. The number of carbonyl (C=O) groups excluding carboxylic acids is 2. The molecule has 2 rings (SSSR count). The lowest BCUT2D eigenvalue weighted by Crippen LogP contribution is -2.33. The van der Waals surface area contributed by atoms with E-state index in [4.69, 9.17) is 4.74 Å². The number of esters is 1. The molecule has 2 aromatic carbocycles. The van der Waals surface area contributed by atoms with Crippen LogP contribution in [0.25, 0.3) is 0 Å². The minimum atomic E-state index is -3.85. The smallest absolute Gasteiger partial charge is 0.321 e. The number of carbonyl (C=O) groups is 2. The predicted octanol–water partition coefficient (Wildman–Crippen LogP) is 1.27. The van der Waals surface area contributed by atoms with Gasteiger partial charge in [0.2, 0.25) is 10.0 Å². The normalized spacial score (nSPS) is 11.0. The van der Waals surface area contributed by atoms with Crippen LogP contribution in [0, 0.1) is 12.7 Å². The molecule has 2 N–H and O–H groups in total. The molecule has 0 saturated heterocycles. The third kappa shape index (κ3) is 6.46. The molecule has 0 aromatic heterocycles. The second-order valence-electron chi connectivity index (χ2n) is 5.67. The van der Waals surface area contributed by atoms with Gasteiger partial charge < -0.3 is 10.1 Å². The lowest BCUT2D eigenvalue weighted by Gasteiger charge is -2.09. The average Bonchev–Trinajstić information content (AvgIpc) is 2.64. The van der Waals surface area contributed by atoms with Crippen molar-refractivity contribution in [1.29, 1.82) is 0 Å². The number of aryl methyl sites for hydroxylation is 1. The SMILES string of the molecule is Cc1ccc(S(=O)(=O)NCC(=O)OCC(=O)NCc2ccccc2F)cc1. The van der Waals surface area contributed by atoms with E-state index >= 15 is 0 Å². The number of hydrogen-bond donors (Lipinski definition) is 2. The van der Waals surface area contributed by atoms with Crippen molar-refractivity contribution in [3.63, 3.8) is 0 Å². The average molecular weight is 394 g/mol. The van der Waals surface area contributed by atoms with E-state index in [1.54, 1.807) is 18.2 Å². The van der Waals surface area contributed by atoms with Gasteiger partial charge in [-0.3, -0.25) is 9.59 Å². The molecule has 1 amide bonds. The molecule has 9 heteroatoms. The Kier molecular flexibility index (Phi) is 7.03. The number of ether oxygens (including phenoxy) is 1. The Morgan fingerprint density at radius 2 is 1.74 bits per heavy atom. The Morgan fingerprint density at radius 1 is 1.07 bits per heavy atom.